The van der Waals surface area contributed by atoms with E-state index in [-0.39, 0.29) is 28.7 Å². The highest BCUT2D eigenvalue weighted by molar-refractivity contribution is 7.93. The van der Waals surface area contributed by atoms with Crippen molar-refractivity contribution in [1.29, 1.82) is 0 Å². The van der Waals surface area contributed by atoms with Gasteiger partial charge in [-0.2, -0.15) is 4.31 Å². The molecule has 1 saturated heterocycles. The maximum atomic E-state index is 13.6. The van der Waals surface area contributed by atoms with Gasteiger partial charge in [-0.05, 0) is 29.8 Å². The molecule has 0 aliphatic carbocycles. The van der Waals surface area contributed by atoms with Gasteiger partial charge in [0, 0.05) is 25.9 Å². The van der Waals surface area contributed by atoms with Gasteiger partial charge in [0.2, 0.25) is 10.0 Å². The Morgan fingerprint density at radius 2 is 1.70 bits per heavy atom. The van der Waals surface area contributed by atoms with E-state index in [4.69, 9.17) is 0 Å². The lowest BCUT2D eigenvalue weighted by Gasteiger charge is -2.35. The molecular weight excluding hydrogens is 415 g/mol. The molecule has 148 valence electrons. The van der Waals surface area contributed by atoms with Crippen molar-refractivity contribution >= 4 is 32.3 Å². The lowest BCUT2D eigenvalue weighted by atomic mass is 10.1. The van der Waals surface area contributed by atoms with Crippen LogP contribution in [0.3, 0.4) is 0 Å². The third kappa shape index (κ3) is 4.49. The molecule has 6 nitrogen and oxygen atoms in total. The van der Waals surface area contributed by atoms with E-state index in [1.807, 2.05) is 0 Å². The third-order valence-corrected chi connectivity index (χ3v) is 7.51. The number of nitrogens with one attached hydrogen (secondary N) is 1. The zero-order valence-corrected chi connectivity index (χ0v) is 16.9. The molecule has 1 aliphatic rings. The second kappa shape index (κ2) is 8.24. The molecule has 0 saturated carbocycles. The average Bonchev–Trinajstić information content (AvgIpc) is 2.61. The standard InChI is InChI=1S/C17H19FN2O4S2.ClH/c1-25(21,22)16-7-2-3-8-17(16)26(23,24)20-10-9-19-12-15(20)13-5-4-6-14(18)11-13;/h2-8,11,15,19H,9-10,12H2,1H3;1H. The lowest BCUT2D eigenvalue weighted by Crippen LogP contribution is -2.48. The van der Waals surface area contributed by atoms with Crippen molar-refractivity contribution in [3.63, 3.8) is 0 Å². The zero-order chi connectivity index (χ0) is 18.9. The molecule has 1 N–H and O–H groups in total. The molecule has 0 radical (unpaired) electrons. The minimum absolute atomic E-state index is 0. The topological polar surface area (TPSA) is 83.5 Å². The summed E-state index contributed by atoms with van der Waals surface area (Å²) in [7, 11) is -7.82. The van der Waals surface area contributed by atoms with Gasteiger partial charge in [0.25, 0.3) is 0 Å². The van der Waals surface area contributed by atoms with E-state index in [1.165, 1.54) is 46.8 Å². The van der Waals surface area contributed by atoms with Crippen LogP contribution in [0, 0.1) is 5.82 Å². The summed E-state index contributed by atoms with van der Waals surface area (Å²) in [4.78, 5) is -0.498. The van der Waals surface area contributed by atoms with Crippen molar-refractivity contribution in [2.45, 2.75) is 15.8 Å². The van der Waals surface area contributed by atoms with Crippen LogP contribution in [0.5, 0.6) is 0 Å². The maximum Gasteiger partial charge on any atom is 0.245 e. The molecule has 2 aromatic rings. The summed E-state index contributed by atoms with van der Waals surface area (Å²) in [6, 6.07) is 10.7. The Labute approximate surface area is 164 Å². The van der Waals surface area contributed by atoms with Gasteiger partial charge in [0.05, 0.1) is 10.9 Å². The van der Waals surface area contributed by atoms with Gasteiger partial charge in [0.15, 0.2) is 9.84 Å². The molecule has 1 heterocycles. The zero-order valence-electron chi connectivity index (χ0n) is 14.5. The number of hydrogen-bond acceptors (Lipinski definition) is 5. The van der Waals surface area contributed by atoms with Crippen LogP contribution in [0.4, 0.5) is 4.39 Å². The van der Waals surface area contributed by atoms with Crippen LogP contribution in [0.2, 0.25) is 0 Å². The molecule has 3 rings (SSSR count). The van der Waals surface area contributed by atoms with Crippen molar-refractivity contribution in [2.24, 2.45) is 0 Å². The summed E-state index contributed by atoms with van der Waals surface area (Å²) in [5.41, 5.74) is 0.512. The third-order valence-electron chi connectivity index (χ3n) is 4.26. The van der Waals surface area contributed by atoms with E-state index in [1.54, 1.807) is 6.07 Å². The van der Waals surface area contributed by atoms with E-state index in [0.29, 0.717) is 18.7 Å². The lowest BCUT2D eigenvalue weighted by molar-refractivity contribution is 0.270. The van der Waals surface area contributed by atoms with Gasteiger partial charge in [-0.25, -0.2) is 21.2 Å². The van der Waals surface area contributed by atoms with Crippen LogP contribution in [0.15, 0.2) is 58.3 Å². The van der Waals surface area contributed by atoms with Crippen molar-refractivity contribution < 1.29 is 21.2 Å². The Balaban J connectivity index is 0.00000261. The van der Waals surface area contributed by atoms with Gasteiger partial charge in [-0.15, -0.1) is 12.4 Å². The van der Waals surface area contributed by atoms with Gasteiger partial charge in [-0.1, -0.05) is 24.3 Å². The van der Waals surface area contributed by atoms with E-state index < -0.39 is 31.7 Å². The molecule has 1 aliphatic heterocycles. The fraction of sp³-hybridized carbons (Fsp3) is 0.294. The molecule has 1 fully saturated rings. The molecule has 0 aromatic heterocycles. The minimum atomic E-state index is -4.09. The number of rotatable bonds is 4. The molecule has 2 aromatic carbocycles. The average molecular weight is 435 g/mol. The first-order chi connectivity index (χ1) is 12.2. The van der Waals surface area contributed by atoms with E-state index in [2.05, 4.69) is 5.32 Å². The Morgan fingerprint density at radius 3 is 2.33 bits per heavy atom. The monoisotopic (exact) mass is 434 g/mol. The molecule has 0 bridgehead atoms. The van der Waals surface area contributed by atoms with E-state index in [0.717, 1.165) is 6.26 Å². The molecule has 0 spiro atoms. The molecule has 0 amide bonds. The predicted octanol–water partition coefficient (Wildman–Crippen LogP) is 1.99. The van der Waals surface area contributed by atoms with Gasteiger partial charge in [0.1, 0.15) is 10.7 Å². The number of piperazine rings is 1. The highest BCUT2D eigenvalue weighted by Gasteiger charge is 2.36. The first-order valence-electron chi connectivity index (χ1n) is 7.98. The van der Waals surface area contributed by atoms with Crippen LogP contribution in [-0.4, -0.2) is 47.0 Å². The van der Waals surface area contributed by atoms with E-state index >= 15 is 0 Å². The first kappa shape index (κ1) is 21.8. The highest BCUT2D eigenvalue weighted by Crippen LogP contribution is 2.31. The van der Waals surface area contributed by atoms with Crippen LogP contribution in [0.25, 0.3) is 0 Å². The van der Waals surface area contributed by atoms with Crippen molar-refractivity contribution in [3.8, 4) is 0 Å². The van der Waals surface area contributed by atoms with Crippen LogP contribution in [-0.2, 0) is 19.9 Å². The van der Waals surface area contributed by atoms with Crippen molar-refractivity contribution in [3.05, 3.63) is 59.9 Å². The second-order valence-corrected chi connectivity index (χ2v) is 9.95. The molecule has 10 heteroatoms. The fourth-order valence-corrected chi connectivity index (χ4v) is 6.28. The second-order valence-electron chi connectivity index (χ2n) is 6.11. The first-order valence-corrected chi connectivity index (χ1v) is 11.3. The number of nitrogens with zero attached hydrogens (tertiary/aromatic N) is 1. The van der Waals surface area contributed by atoms with Gasteiger partial charge in [-0.3, -0.25) is 0 Å². The van der Waals surface area contributed by atoms with Crippen LogP contribution >= 0.6 is 12.4 Å². The largest absolute Gasteiger partial charge is 0.313 e. The normalized spacial score (nSPS) is 18.7. The number of hydrogen-bond donors (Lipinski definition) is 1. The predicted molar refractivity (Wildman–Crippen MR) is 103 cm³/mol. The summed E-state index contributed by atoms with van der Waals surface area (Å²) >= 11 is 0. The number of sulfonamides is 1. The summed E-state index contributed by atoms with van der Waals surface area (Å²) < 4.78 is 65.5. The quantitative estimate of drug-likeness (QED) is 0.795. The Kier molecular flexibility index (Phi) is 6.64. The Morgan fingerprint density at radius 1 is 1.04 bits per heavy atom. The number of halogens is 2. The highest BCUT2D eigenvalue weighted by atomic mass is 35.5. The molecular formula is C17H20ClFN2O4S2. The van der Waals surface area contributed by atoms with E-state index in [9.17, 15) is 21.2 Å². The van der Waals surface area contributed by atoms with Gasteiger partial charge >= 0.3 is 0 Å². The molecule has 27 heavy (non-hydrogen) atoms. The van der Waals surface area contributed by atoms with Crippen molar-refractivity contribution in [2.75, 3.05) is 25.9 Å². The Hall–Kier alpha value is -1.52. The summed E-state index contributed by atoms with van der Waals surface area (Å²) in [6.45, 7) is 0.886. The molecule has 1 unspecified atom stereocenters. The van der Waals surface area contributed by atoms with Crippen molar-refractivity contribution in [1.82, 2.24) is 9.62 Å². The Bertz CT molecular complexity index is 1030. The number of sulfone groups is 1. The van der Waals surface area contributed by atoms with Crippen LogP contribution in [0.1, 0.15) is 11.6 Å². The molecule has 1 atom stereocenters. The van der Waals surface area contributed by atoms with Crippen LogP contribution < -0.4 is 5.32 Å². The summed E-state index contributed by atoms with van der Waals surface area (Å²) in [5, 5.41) is 3.10. The van der Waals surface area contributed by atoms with Gasteiger partial charge < -0.3 is 5.32 Å². The number of benzene rings is 2. The summed E-state index contributed by atoms with van der Waals surface area (Å²) in [6.07, 6.45) is 0.975. The summed E-state index contributed by atoms with van der Waals surface area (Å²) in [5.74, 6) is -0.457. The minimum Gasteiger partial charge on any atom is -0.313 e. The SMILES string of the molecule is CS(=O)(=O)c1ccccc1S(=O)(=O)N1CCNCC1c1cccc(F)c1.Cl. The smallest absolute Gasteiger partial charge is 0.245 e. The fourth-order valence-electron chi connectivity index (χ4n) is 3.07. The maximum absolute atomic E-state index is 13.6.